The second-order valence-electron chi connectivity index (χ2n) is 8.45. The number of aromatic nitrogens is 2. The number of H-pyrrole nitrogens is 1. The van der Waals surface area contributed by atoms with Crippen LogP contribution in [0.25, 0.3) is 0 Å². The van der Waals surface area contributed by atoms with Crippen LogP contribution in [0.3, 0.4) is 0 Å². The highest BCUT2D eigenvalue weighted by molar-refractivity contribution is 7.61. The summed E-state index contributed by atoms with van der Waals surface area (Å²) >= 11 is 0. The largest absolute Gasteiger partial charge is 0.483 e. The molecular weight excluding hydrogens is 596 g/mol. The number of aromatic amines is 1. The van der Waals surface area contributed by atoms with Crippen LogP contribution in [0.2, 0.25) is 0 Å². The number of phosphoric ester groups is 2. The highest BCUT2D eigenvalue weighted by Crippen LogP contribution is 2.61. The maximum atomic E-state index is 12.4. The van der Waals surface area contributed by atoms with Crippen LogP contribution < -0.4 is 16.6 Å². The molecule has 1 aromatic rings. The normalized spacial score (nSPS) is 35.4. The first-order valence-electron chi connectivity index (χ1n) is 11.0. The first kappa shape index (κ1) is 32.2. The molecule has 21 nitrogen and oxygen atoms in total. The maximum absolute atomic E-state index is 12.4. The third-order valence-corrected chi connectivity index (χ3v) is 8.12. The quantitative estimate of drug-likeness (QED) is 0.111. The summed E-state index contributed by atoms with van der Waals surface area (Å²) in [5.74, 6) is -2.72. The van der Waals surface area contributed by atoms with Crippen LogP contribution >= 0.6 is 15.6 Å². The smallest absolute Gasteiger partial charge is 0.479 e. The molecule has 1 aromatic heterocycles. The Morgan fingerprint density at radius 2 is 1.70 bits per heavy atom. The third kappa shape index (κ3) is 7.47. The second-order valence-corrected chi connectivity index (χ2v) is 11.5. The Balaban J connectivity index is 1.68. The second kappa shape index (κ2) is 12.2. The minimum atomic E-state index is -5.76. The number of aliphatic hydroxyl groups excluding tert-OH is 4. The molecule has 3 heterocycles. The average molecular weight is 621 g/mol. The molecule has 11 atom stereocenters. The lowest BCUT2D eigenvalue weighted by Crippen LogP contribution is -2.65. The Labute approximate surface area is 221 Å². The number of aliphatic hydroxyl groups is 4. The topological polar surface area (TPSA) is 323 Å². The number of ether oxygens (including phenoxy) is 2. The summed E-state index contributed by atoms with van der Waals surface area (Å²) < 4.78 is 48.7. The molecule has 0 bridgehead atoms. The van der Waals surface area contributed by atoms with Crippen molar-refractivity contribution in [1.29, 1.82) is 0 Å². The standard InChI is InChI=1S/C17H25N3O18P2/c1-5(21)18-8-10(24)11(25)13(15(27)28)36-16(8)37-40(32,33)38-39(30,31)34-4-6-9(23)12(26)14(35-6)20-3-2-7(22)19-17(20)29/h2-3,6,8-14,16,23-26H,4H2,1H3,(H,18,21)(H,27,28)(H,30,31)(H,32,33)(H,19,22,29)/t6-,8-,9-,10-,11+,12-,13+,14-,16+/m1/s1. The van der Waals surface area contributed by atoms with Crippen LogP contribution in [-0.2, 0) is 41.6 Å². The number of phosphoric acid groups is 2. The number of rotatable bonds is 10. The number of carboxylic acid groups (broad SMARTS) is 1. The van der Waals surface area contributed by atoms with Gasteiger partial charge in [0.2, 0.25) is 5.91 Å². The summed E-state index contributed by atoms with van der Waals surface area (Å²) in [4.78, 5) is 67.7. The molecule has 2 aliphatic rings. The lowest BCUT2D eigenvalue weighted by molar-refractivity contribution is -0.243. The van der Waals surface area contributed by atoms with E-state index in [4.69, 9.17) is 14.6 Å². The van der Waals surface area contributed by atoms with Gasteiger partial charge in [-0.15, -0.1) is 0 Å². The van der Waals surface area contributed by atoms with Crippen LogP contribution in [-0.4, -0.2) is 112 Å². The number of hydrogen-bond donors (Lipinski definition) is 9. The van der Waals surface area contributed by atoms with E-state index in [0.29, 0.717) is 4.57 Å². The van der Waals surface area contributed by atoms with Crippen molar-refractivity contribution in [3.05, 3.63) is 33.1 Å². The molecule has 9 N–H and O–H groups in total. The van der Waals surface area contributed by atoms with Gasteiger partial charge in [0.1, 0.15) is 36.6 Å². The van der Waals surface area contributed by atoms with E-state index in [2.05, 4.69) is 13.4 Å². The van der Waals surface area contributed by atoms with Crippen LogP contribution in [0, 0.1) is 0 Å². The molecule has 3 rings (SSSR count). The zero-order valence-corrected chi connectivity index (χ0v) is 21.8. The lowest BCUT2D eigenvalue weighted by Gasteiger charge is -2.41. The van der Waals surface area contributed by atoms with Crippen molar-refractivity contribution in [3.63, 3.8) is 0 Å². The molecular formula is C17H25N3O18P2. The van der Waals surface area contributed by atoms with Gasteiger partial charge in [-0.2, -0.15) is 4.31 Å². The summed E-state index contributed by atoms with van der Waals surface area (Å²) in [7, 11) is -11.4. The predicted octanol–water partition coefficient (Wildman–Crippen LogP) is -4.56. The van der Waals surface area contributed by atoms with Crippen molar-refractivity contribution < 1.29 is 76.9 Å². The van der Waals surface area contributed by atoms with Gasteiger partial charge in [0.15, 0.2) is 18.6 Å². The van der Waals surface area contributed by atoms with Gasteiger partial charge in [-0.3, -0.25) is 28.2 Å². The molecule has 2 fully saturated rings. The number of carbonyl (C=O) groups is 2. The minimum absolute atomic E-state index is 0.700. The zero-order valence-electron chi connectivity index (χ0n) is 20.0. The van der Waals surface area contributed by atoms with Crippen LogP contribution in [0.15, 0.2) is 21.9 Å². The molecule has 0 aromatic carbocycles. The number of amides is 1. The molecule has 2 saturated heterocycles. The number of carbonyl (C=O) groups excluding carboxylic acids is 1. The fourth-order valence-corrected chi connectivity index (χ4v) is 5.91. The molecule has 40 heavy (non-hydrogen) atoms. The highest BCUT2D eigenvalue weighted by atomic mass is 31.3. The number of nitrogens with one attached hydrogen (secondary N) is 2. The molecule has 2 aliphatic heterocycles. The zero-order chi connectivity index (χ0) is 30.2. The van der Waals surface area contributed by atoms with Crippen LogP contribution in [0.1, 0.15) is 13.2 Å². The molecule has 1 amide bonds. The van der Waals surface area contributed by atoms with E-state index < -0.39 is 101 Å². The molecule has 0 radical (unpaired) electrons. The summed E-state index contributed by atoms with van der Waals surface area (Å²) in [5.41, 5.74) is -1.79. The van der Waals surface area contributed by atoms with E-state index in [1.165, 1.54) is 0 Å². The first-order valence-corrected chi connectivity index (χ1v) is 14.0. The van der Waals surface area contributed by atoms with Crippen molar-refractivity contribution in [2.75, 3.05) is 6.61 Å². The summed E-state index contributed by atoms with van der Waals surface area (Å²) in [5, 5.41) is 51.6. The van der Waals surface area contributed by atoms with Gasteiger partial charge < -0.3 is 50.1 Å². The Bertz CT molecular complexity index is 1320. The molecule has 0 spiro atoms. The Morgan fingerprint density at radius 1 is 1.05 bits per heavy atom. The van der Waals surface area contributed by atoms with Crippen LogP contribution in [0.5, 0.6) is 0 Å². The summed E-state index contributed by atoms with van der Waals surface area (Å²) in [6, 6.07) is -0.949. The van der Waals surface area contributed by atoms with Gasteiger partial charge in [-0.05, 0) is 0 Å². The summed E-state index contributed by atoms with van der Waals surface area (Å²) in [6.45, 7) is -0.153. The SMILES string of the molecule is CC(=O)N[C@H]1[C@H](OP(=O)(O)OP(=O)(O)OC[C@H]2O[C@@H](n3ccc(=O)[nH]c3=O)[C@H](O)[C@@H]2O)O[C@H](C(=O)O)[C@@H](O)[C@@H]1O. The molecule has 0 aliphatic carbocycles. The van der Waals surface area contributed by atoms with E-state index in [0.717, 1.165) is 19.2 Å². The monoisotopic (exact) mass is 621 g/mol. The Morgan fingerprint density at radius 3 is 2.27 bits per heavy atom. The summed E-state index contributed by atoms with van der Waals surface area (Å²) in [6.07, 6.45) is -14.7. The maximum Gasteiger partial charge on any atom is 0.483 e. The van der Waals surface area contributed by atoms with Crippen molar-refractivity contribution in [1.82, 2.24) is 14.9 Å². The van der Waals surface area contributed by atoms with Crippen molar-refractivity contribution >= 4 is 27.5 Å². The Hall–Kier alpha value is -2.36. The molecule has 23 heteroatoms. The van der Waals surface area contributed by atoms with Gasteiger partial charge in [0, 0.05) is 19.2 Å². The van der Waals surface area contributed by atoms with E-state index >= 15 is 0 Å². The van der Waals surface area contributed by atoms with E-state index in [1.54, 1.807) is 0 Å². The Kier molecular flexibility index (Phi) is 9.85. The van der Waals surface area contributed by atoms with E-state index in [-0.39, 0.29) is 0 Å². The highest BCUT2D eigenvalue weighted by Gasteiger charge is 2.52. The fraction of sp³-hybridized carbons (Fsp3) is 0.647. The van der Waals surface area contributed by atoms with Crippen molar-refractivity contribution in [2.45, 2.75) is 62.1 Å². The van der Waals surface area contributed by atoms with Crippen molar-refractivity contribution in [3.8, 4) is 0 Å². The lowest BCUT2D eigenvalue weighted by atomic mass is 9.97. The van der Waals surface area contributed by atoms with Crippen molar-refractivity contribution in [2.24, 2.45) is 0 Å². The number of aliphatic carboxylic acids is 1. The van der Waals surface area contributed by atoms with Gasteiger partial charge in [0.25, 0.3) is 5.56 Å². The van der Waals surface area contributed by atoms with E-state index in [9.17, 15) is 58.5 Å². The molecule has 226 valence electrons. The van der Waals surface area contributed by atoms with Gasteiger partial charge in [-0.25, -0.2) is 18.7 Å². The fourth-order valence-electron chi connectivity index (χ4n) is 3.74. The van der Waals surface area contributed by atoms with Crippen LogP contribution in [0.4, 0.5) is 0 Å². The predicted molar refractivity (Wildman–Crippen MR) is 121 cm³/mol. The average Bonchev–Trinajstić information content (AvgIpc) is 3.09. The van der Waals surface area contributed by atoms with Gasteiger partial charge >= 0.3 is 27.3 Å². The third-order valence-electron chi connectivity index (χ3n) is 5.52. The molecule has 2 unspecified atom stereocenters. The minimum Gasteiger partial charge on any atom is -0.479 e. The van der Waals surface area contributed by atoms with E-state index in [1.807, 2.05) is 10.3 Å². The van der Waals surface area contributed by atoms with Gasteiger partial charge in [0.05, 0.1) is 6.61 Å². The number of hydrogen-bond acceptors (Lipinski definition) is 15. The van der Waals surface area contributed by atoms with Gasteiger partial charge in [-0.1, -0.05) is 0 Å². The molecule has 0 saturated carbocycles. The number of nitrogens with zero attached hydrogens (tertiary/aromatic N) is 1. The number of carboxylic acids is 1. The first-order chi connectivity index (χ1) is 18.4.